The molecule has 1 saturated heterocycles. The highest BCUT2D eigenvalue weighted by atomic mass is 16.5. The third kappa shape index (κ3) is 3.39. The molecule has 19 heavy (non-hydrogen) atoms. The van der Waals surface area contributed by atoms with Crippen molar-refractivity contribution >= 4 is 0 Å². The molecule has 2 rings (SSSR count). The summed E-state index contributed by atoms with van der Waals surface area (Å²) in [5.74, 6) is 2.08. The van der Waals surface area contributed by atoms with Crippen molar-refractivity contribution in [1.29, 1.82) is 0 Å². The van der Waals surface area contributed by atoms with Crippen LogP contribution in [-0.2, 0) is 0 Å². The summed E-state index contributed by atoms with van der Waals surface area (Å²) in [7, 11) is 3.22. The minimum atomic E-state index is -0.481. The van der Waals surface area contributed by atoms with Gasteiger partial charge in [0.1, 0.15) is 0 Å². The van der Waals surface area contributed by atoms with Crippen LogP contribution in [0.25, 0.3) is 0 Å². The number of ether oxygens (including phenoxy) is 2. The van der Waals surface area contributed by atoms with E-state index in [0.29, 0.717) is 18.0 Å². The minimum absolute atomic E-state index is 0.481. The van der Waals surface area contributed by atoms with Gasteiger partial charge in [0.2, 0.25) is 0 Å². The Bertz CT molecular complexity index is 422. The zero-order chi connectivity index (χ0) is 13.8. The maximum absolute atomic E-state index is 10.3. The van der Waals surface area contributed by atoms with Crippen LogP contribution in [0.4, 0.5) is 0 Å². The number of methoxy groups -OCH3 is 2. The van der Waals surface area contributed by atoms with Crippen molar-refractivity contribution in [2.24, 2.45) is 5.92 Å². The van der Waals surface area contributed by atoms with Gasteiger partial charge in [0, 0.05) is 13.1 Å². The van der Waals surface area contributed by atoms with Crippen molar-refractivity contribution in [3.05, 3.63) is 23.8 Å². The molecule has 1 aromatic rings. The van der Waals surface area contributed by atoms with Gasteiger partial charge in [-0.1, -0.05) is 13.0 Å². The minimum Gasteiger partial charge on any atom is -0.493 e. The van der Waals surface area contributed by atoms with Gasteiger partial charge in [-0.15, -0.1) is 0 Å². The predicted molar refractivity (Wildman–Crippen MR) is 74.7 cm³/mol. The molecule has 4 nitrogen and oxygen atoms in total. The molecule has 0 spiro atoms. The van der Waals surface area contributed by atoms with E-state index in [0.717, 1.165) is 24.6 Å². The maximum Gasteiger partial charge on any atom is 0.161 e. The van der Waals surface area contributed by atoms with Crippen molar-refractivity contribution in [3.8, 4) is 11.5 Å². The van der Waals surface area contributed by atoms with Crippen molar-refractivity contribution in [1.82, 2.24) is 4.90 Å². The van der Waals surface area contributed by atoms with Crippen LogP contribution in [0.3, 0.4) is 0 Å². The van der Waals surface area contributed by atoms with E-state index in [1.165, 1.54) is 6.42 Å². The van der Waals surface area contributed by atoms with Crippen molar-refractivity contribution in [2.45, 2.75) is 19.4 Å². The second-order valence-electron chi connectivity index (χ2n) is 5.28. The van der Waals surface area contributed by atoms with E-state index in [1.54, 1.807) is 14.2 Å². The first-order valence-electron chi connectivity index (χ1n) is 6.76. The quantitative estimate of drug-likeness (QED) is 0.885. The number of likely N-dealkylation sites (tertiary alicyclic amines) is 1. The van der Waals surface area contributed by atoms with Crippen LogP contribution in [0.15, 0.2) is 18.2 Å². The average molecular weight is 265 g/mol. The first-order valence-corrected chi connectivity index (χ1v) is 6.76. The predicted octanol–water partition coefficient (Wildman–Crippen LogP) is 2.08. The summed E-state index contributed by atoms with van der Waals surface area (Å²) < 4.78 is 10.5. The molecular formula is C15H23NO3. The summed E-state index contributed by atoms with van der Waals surface area (Å²) in [4.78, 5) is 2.31. The molecule has 1 heterocycles. The highest BCUT2D eigenvalue weighted by Crippen LogP contribution is 2.30. The van der Waals surface area contributed by atoms with E-state index < -0.39 is 6.10 Å². The monoisotopic (exact) mass is 265 g/mol. The Hall–Kier alpha value is -1.26. The summed E-state index contributed by atoms with van der Waals surface area (Å²) in [6.45, 7) is 5.08. The summed E-state index contributed by atoms with van der Waals surface area (Å²) in [5, 5.41) is 10.3. The molecule has 2 unspecified atom stereocenters. The second kappa shape index (κ2) is 6.26. The number of nitrogens with zero attached hydrogens (tertiary/aromatic N) is 1. The summed E-state index contributed by atoms with van der Waals surface area (Å²) in [6.07, 6.45) is 0.740. The molecule has 0 aromatic heterocycles. The Morgan fingerprint density at radius 2 is 2.05 bits per heavy atom. The Morgan fingerprint density at radius 3 is 2.63 bits per heavy atom. The second-order valence-corrected chi connectivity index (χ2v) is 5.28. The maximum atomic E-state index is 10.3. The molecule has 0 radical (unpaired) electrons. The first-order chi connectivity index (χ1) is 9.13. The van der Waals surface area contributed by atoms with Crippen LogP contribution < -0.4 is 9.47 Å². The Morgan fingerprint density at radius 1 is 1.32 bits per heavy atom. The van der Waals surface area contributed by atoms with Gasteiger partial charge in [-0.2, -0.15) is 0 Å². The fourth-order valence-electron chi connectivity index (χ4n) is 2.60. The normalized spacial score (nSPS) is 21.4. The number of aliphatic hydroxyl groups excluding tert-OH is 1. The highest BCUT2D eigenvalue weighted by molar-refractivity contribution is 5.43. The molecule has 0 bridgehead atoms. The molecular weight excluding hydrogens is 242 g/mol. The van der Waals surface area contributed by atoms with Crippen molar-refractivity contribution < 1.29 is 14.6 Å². The zero-order valence-corrected chi connectivity index (χ0v) is 11.9. The number of hydrogen-bond acceptors (Lipinski definition) is 4. The van der Waals surface area contributed by atoms with Gasteiger partial charge in [0.15, 0.2) is 11.5 Å². The third-order valence-electron chi connectivity index (χ3n) is 3.73. The molecule has 2 atom stereocenters. The van der Waals surface area contributed by atoms with Gasteiger partial charge in [-0.25, -0.2) is 0 Å². The summed E-state index contributed by atoms with van der Waals surface area (Å²) in [6, 6.07) is 5.58. The average Bonchev–Trinajstić information content (AvgIpc) is 2.83. The molecule has 1 fully saturated rings. The molecule has 4 heteroatoms. The largest absolute Gasteiger partial charge is 0.493 e. The van der Waals surface area contributed by atoms with E-state index in [-0.39, 0.29) is 0 Å². The van der Waals surface area contributed by atoms with E-state index >= 15 is 0 Å². The molecule has 106 valence electrons. The lowest BCUT2D eigenvalue weighted by atomic mass is 10.1. The Labute approximate surface area is 114 Å². The topological polar surface area (TPSA) is 41.9 Å². The van der Waals surface area contributed by atoms with Crippen LogP contribution in [0.5, 0.6) is 11.5 Å². The van der Waals surface area contributed by atoms with Gasteiger partial charge < -0.3 is 19.5 Å². The first kappa shape index (κ1) is 14.2. The van der Waals surface area contributed by atoms with Crippen LogP contribution in [-0.4, -0.2) is 43.9 Å². The lowest BCUT2D eigenvalue weighted by molar-refractivity contribution is 0.124. The van der Waals surface area contributed by atoms with Gasteiger partial charge in [-0.05, 0) is 36.6 Å². The summed E-state index contributed by atoms with van der Waals surface area (Å²) >= 11 is 0. The molecule has 0 saturated carbocycles. The number of benzene rings is 1. The van der Waals surface area contributed by atoms with E-state index in [2.05, 4.69) is 11.8 Å². The lowest BCUT2D eigenvalue weighted by Crippen LogP contribution is -2.26. The molecule has 1 N–H and O–H groups in total. The lowest BCUT2D eigenvalue weighted by Gasteiger charge is -2.20. The highest BCUT2D eigenvalue weighted by Gasteiger charge is 2.22. The Kier molecular flexibility index (Phi) is 4.66. The van der Waals surface area contributed by atoms with E-state index in [4.69, 9.17) is 9.47 Å². The SMILES string of the molecule is COc1ccc(C(O)CN2CCC(C)C2)cc1OC. The van der Waals surface area contributed by atoms with E-state index in [1.807, 2.05) is 18.2 Å². The number of aliphatic hydroxyl groups is 1. The van der Waals surface area contributed by atoms with Gasteiger partial charge in [0.05, 0.1) is 20.3 Å². The third-order valence-corrected chi connectivity index (χ3v) is 3.73. The van der Waals surface area contributed by atoms with Crippen LogP contribution in [0, 0.1) is 5.92 Å². The number of rotatable bonds is 5. The zero-order valence-electron chi connectivity index (χ0n) is 11.9. The fourth-order valence-corrected chi connectivity index (χ4v) is 2.60. The van der Waals surface area contributed by atoms with Crippen LogP contribution >= 0.6 is 0 Å². The van der Waals surface area contributed by atoms with Gasteiger partial charge >= 0.3 is 0 Å². The molecule has 1 aliphatic heterocycles. The van der Waals surface area contributed by atoms with Crippen molar-refractivity contribution in [3.63, 3.8) is 0 Å². The molecule has 1 aliphatic rings. The molecule has 1 aromatic carbocycles. The standard InChI is InChI=1S/C15H23NO3/c1-11-6-7-16(9-11)10-13(17)12-4-5-14(18-2)15(8-12)19-3/h4-5,8,11,13,17H,6-7,9-10H2,1-3H3. The fraction of sp³-hybridized carbons (Fsp3) is 0.600. The number of hydrogen-bond donors (Lipinski definition) is 1. The van der Waals surface area contributed by atoms with Crippen molar-refractivity contribution in [2.75, 3.05) is 33.9 Å². The molecule has 0 aliphatic carbocycles. The smallest absolute Gasteiger partial charge is 0.161 e. The van der Waals surface area contributed by atoms with Gasteiger partial charge in [-0.3, -0.25) is 0 Å². The van der Waals surface area contributed by atoms with E-state index in [9.17, 15) is 5.11 Å². The van der Waals surface area contributed by atoms with Crippen LogP contribution in [0.2, 0.25) is 0 Å². The van der Waals surface area contributed by atoms with Gasteiger partial charge in [0.25, 0.3) is 0 Å². The molecule has 0 amide bonds. The summed E-state index contributed by atoms with van der Waals surface area (Å²) in [5.41, 5.74) is 0.872. The van der Waals surface area contributed by atoms with Crippen LogP contribution in [0.1, 0.15) is 25.0 Å². The Balaban J connectivity index is 2.04. The number of β-amino-alcohol motifs (C(OH)–C–C–N with tert-alkyl or cyclic N) is 1.